The summed E-state index contributed by atoms with van der Waals surface area (Å²) in [5.41, 5.74) is 0. The molecule has 0 bridgehead atoms. The van der Waals surface area contributed by atoms with E-state index in [0.717, 1.165) is 26.1 Å². The number of hydrogen-bond donors (Lipinski definition) is 0. The number of unbranched alkanes of at least 4 members (excludes halogenated alkanes) is 21. The fourth-order valence-corrected chi connectivity index (χ4v) is 6.43. The lowest BCUT2D eigenvalue weighted by Crippen LogP contribution is -2.15. The molecular formula is C49H100O12. The van der Waals surface area contributed by atoms with Crippen molar-refractivity contribution in [2.75, 3.05) is 159 Å². The molecule has 0 radical (unpaired) electrons. The second-order valence-electron chi connectivity index (χ2n) is 15.8. The average Bonchev–Trinajstić information content (AvgIpc) is 3.27. The van der Waals surface area contributed by atoms with Crippen LogP contribution < -0.4 is 0 Å². The summed E-state index contributed by atoms with van der Waals surface area (Å²) in [6, 6.07) is 0. The molecule has 0 N–H and O–H groups in total. The van der Waals surface area contributed by atoms with Crippen LogP contribution in [0.2, 0.25) is 0 Å². The van der Waals surface area contributed by atoms with Gasteiger partial charge in [0.15, 0.2) is 0 Å². The maximum Gasteiger partial charge on any atom is 0.0701 e. The van der Waals surface area contributed by atoms with E-state index in [1.165, 1.54) is 135 Å². The zero-order chi connectivity index (χ0) is 43.7. The Morgan fingerprint density at radius 2 is 0.246 bits per heavy atom. The third-order valence-electron chi connectivity index (χ3n) is 10.1. The van der Waals surface area contributed by atoms with Crippen LogP contribution >= 0.6 is 0 Å². The molecule has 0 saturated heterocycles. The van der Waals surface area contributed by atoms with Crippen molar-refractivity contribution in [2.24, 2.45) is 0 Å². The van der Waals surface area contributed by atoms with E-state index in [9.17, 15) is 0 Å². The Labute approximate surface area is 376 Å². The third kappa shape index (κ3) is 59.5. The zero-order valence-corrected chi connectivity index (χ0v) is 40.1. The molecule has 0 saturated carbocycles. The zero-order valence-electron chi connectivity index (χ0n) is 40.1. The van der Waals surface area contributed by atoms with Crippen LogP contribution in [0.1, 0.15) is 162 Å². The fourth-order valence-electron chi connectivity index (χ4n) is 6.43. The van der Waals surface area contributed by atoms with Gasteiger partial charge in [0.1, 0.15) is 0 Å². The summed E-state index contributed by atoms with van der Waals surface area (Å²) in [7, 11) is 0. The fraction of sp³-hybridized carbons (Fsp3) is 1.00. The number of ether oxygens (including phenoxy) is 12. The highest BCUT2D eigenvalue weighted by Crippen LogP contribution is 2.13. The quantitative estimate of drug-likeness (QED) is 0.0543. The minimum absolute atomic E-state index is 0.523. The monoisotopic (exact) mass is 881 g/mol. The van der Waals surface area contributed by atoms with Crippen LogP contribution in [0, 0.1) is 0 Å². The van der Waals surface area contributed by atoms with Crippen molar-refractivity contribution >= 4 is 0 Å². The largest absolute Gasteiger partial charge is 0.379 e. The van der Waals surface area contributed by atoms with E-state index >= 15 is 0 Å². The molecule has 0 amide bonds. The Bertz CT molecular complexity index is 680. The van der Waals surface area contributed by atoms with Gasteiger partial charge < -0.3 is 56.8 Å². The Balaban J connectivity index is 3.06. The predicted molar refractivity (Wildman–Crippen MR) is 247 cm³/mol. The highest BCUT2D eigenvalue weighted by Gasteiger charge is 1.99. The van der Waals surface area contributed by atoms with E-state index in [2.05, 4.69) is 13.8 Å². The van der Waals surface area contributed by atoms with Crippen molar-refractivity contribution in [3.8, 4) is 0 Å². The molecule has 0 aromatic carbocycles. The van der Waals surface area contributed by atoms with Gasteiger partial charge in [0, 0.05) is 13.2 Å². The second kappa shape index (κ2) is 59.5. The third-order valence-corrected chi connectivity index (χ3v) is 10.1. The lowest BCUT2D eigenvalue weighted by atomic mass is 10.0. The van der Waals surface area contributed by atoms with Crippen LogP contribution in [-0.2, 0) is 56.8 Å². The first-order valence-corrected chi connectivity index (χ1v) is 25.3. The van der Waals surface area contributed by atoms with Crippen molar-refractivity contribution in [1.82, 2.24) is 0 Å². The van der Waals surface area contributed by atoms with Crippen LogP contribution in [0.3, 0.4) is 0 Å². The number of rotatable bonds is 58. The average molecular weight is 881 g/mol. The van der Waals surface area contributed by atoms with E-state index in [1.54, 1.807) is 0 Å². The molecule has 61 heavy (non-hydrogen) atoms. The molecule has 0 spiro atoms. The molecule has 12 heteroatoms. The van der Waals surface area contributed by atoms with Crippen LogP contribution in [0.25, 0.3) is 0 Å². The molecule has 0 aromatic heterocycles. The molecule has 0 fully saturated rings. The Kier molecular flexibility index (Phi) is 59.1. The molecule has 0 unspecified atom stereocenters. The van der Waals surface area contributed by atoms with Crippen LogP contribution in [0.4, 0.5) is 0 Å². The van der Waals surface area contributed by atoms with Crippen LogP contribution in [0.15, 0.2) is 0 Å². The maximum atomic E-state index is 5.69. The van der Waals surface area contributed by atoms with Gasteiger partial charge in [-0.2, -0.15) is 0 Å². The Morgan fingerprint density at radius 1 is 0.131 bits per heavy atom. The molecule has 368 valence electrons. The van der Waals surface area contributed by atoms with Crippen LogP contribution in [-0.4, -0.2) is 159 Å². The van der Waals surface area contributed by atoms with E-state index in [0.29, 0.717) is 145 Å². The second-order valence-corrected chi connectivity index (χ2v) is 15.8. The van der Waals surface area contributed by atoms with Crippen LogP contribution in [0.5, 0.6) is 0 Å². The van der Waals surface area contributed by atoms with Gasteiger partial charge in [-0.1, -0.05) is 149 Å². The first-order valence-electron chi connectivity index (χ1n) is 25.3. The lowest BCUT2D eigenvalue weighted by molar-refractivity contribution is -0.0284. The van der Waals surface area contributed by atoms with Crippen molar-refractivity contribution in [3.63, 3.8) is 0 Å². The Hall–Kier alpha value is -0.480. The van der Waals surface area contributed by atoms with Gasteiger partial charge in [0.2, 0.25) is 0 Å². The van der Waals surface area contributed by atoms with Gasteiger partial charge in [0.25, 0.3) is 0 Å². The topological polar surface area (TPSA) is 111 Å². The SMILES string of the molecule is CCCCCCCCCCCCCCCOCCOCCOCCOCCOCCOCCOCCOCCOCCOCCOCCOCCCCCCCCCCCC. The van der Waals surface area contributed by atoms with Gasteiger partial charge in [-0.25, -0.2) is 0 Å². The van der Waals surface area contributed by atoms with Gasteiger partial charge >= 0.3 is 0 Å². The van der Waals surface area contributed by atoms with Crippen molar-refractivity contribution < 1.29 is 56.8 Å². The molecule has 12 nitrogen and oxygen atoms in total. The van der Waals surface area contributed by atoms with E-state index < -0.39 is 0 Å². The maximum absolute atomic E-state index is 5.69. The number of hydrogen-bond acceptors (Lipinski definition) is 12. The van der Waals surface area contributed by atoms with E-state index in [-0.39, 0.29) is 0 Å². The summed E-state index contributed by atoms with van der Waals surface area (Å²) in [6.45, 7) is 18.5. The van der Waals surface area contributed by atoms with Crippen molar-refractivity contribution in [1.29, 1.82) is 0 Å². The minimum Gasteiger partial charge on any atom is -0.379 e. The molecule has 0 heterocycles. The lowest BCUT2D eigenvalue weighted by Gasteiger charge is -2.09. The van der Waals surface area contributed by atoms with Crippen molar-refractivity contribution in [3.05, 3.63) is 0 Å². The molecule has 0 aliphatic rings. The van der Waals surface area contributed by atoms with Gasteiger partial charge in [0.05, 0.1) is 145 Å². The van der Waals surface area contributed by atoms with Gasteiger partial charge in [-0.05, 0) is 12.8 Å². The summed E-state index contributed by atoms with van der Waals surface area (Å²) in [5, 5.41) is 0. The highest BCUT2D eigenvalue weighted by atomic mass is 16.6. The summed E-state index contributed by atoms with van der Waals surface area (Å²) < 4.78 is 66.8. The molecular weight excluding hydrogens is 781 g/mol. The molecule has 0 aliphatic carbocycles. The summed E-state index contributed by atoms with van der Waals surface area (Å²) in [5.74, 6) is 0. The van der Waals surface area contributed by atoms with E-state index in [4.69, 9.17) is 56.8 Å². The summed E-state index contributed by atoms with van der Waals surface area (Å²) in [6.07, 6.45) is 31.2. The first kappa shape index (κ1) is 60.5. The standard InChI is InChI=1S/C49H100O12/c1-3-5-7-9-11-13-15-16-17-19-21-23-25-27-51-29-31-53-33-35-55-37-39-57-41-43-59-45-47-61-49-48-60-46-44-58-42-40-56-38-36-54-34-32-52-30-28-50-26-24-22-20-18-14-12-10-8-6-4-2/h3-49H2,1-2H3. The van der Waals surface area contributed by atoms with Gasteiger partial charge in [-0.3, -0.25) is 0 Å². The normalized spacial score (nSPS) is 11.7. The molecule has 0 aromatic rings. The Morgan fingerprint density at radius 3 is 0.393 bits per heavy atom. The summed E-state index contributed by atoms with van der Waals surface area (Å²) >= 11 is 0. The molecule has 0 aliphatic heterocycles. The molecule has 0 rings (SSSR count). The predicted octanol–water partition coefficient (Wildman–Crippen LogP) is 10.2. The summed E-state index contributed by atoms with van der Waals surface area (Å²) in [4.78, 5) is 0. The first-order chi connectivity index (χ1) is 30.4. The van der Waals surface area contributed by atoms with Gasteiger partial charge in [-0.15, -0.1) is 0 Å². The molecule has 0 atom stereocenters. The smallest absolute Gasteiger partial charge is 0.0701 e. The highest BCUT2D eigenvalue weighted by molar-refractivity contribution is 4.50. The minimum atomic E-state index is 0.523. The van der Waals surface area contributed by atoms with E-state index in [1.807, 2.05) is 0 Å². The van der Waals surface area contributed by atoms with Crippen molar-refractivity contribution in [2.45, 2.75) is 162 Å².